The van der Waals surface area contributed by atoms with Crippen LogP contribution in [0.5, 0.6) is 0 Å². The number of halogens is 3. The molecule has 0 bridgehead atoms. The number of carbonyl (C=O) groups is 1. The Balaban J connectivity index is 1.48. The van der Waals surface area contributed by atoms with Gasteiger partial charge >= 0.3 is 6.18 Å². The van der Waals surface area contributed by atoms with Crippen LogP contribution in [0, 0.1) is 17.2 Å². The number of imidazole rings is 1. The summed E-state index contributed by atoms with van der Waals surface area (Å²) in [6.45, 7) is 4.65. The first-order valence-electron chi connectivity index (χ1n) is 15.0. The van der Waals surface area contributed by atoms with E-state index in [0.29, 0.717) is 17.2 Å². The van der Waals surface area contributed by atoms with Crippen molar-refractivity contribution in [2.75, 3.05) is 6.54 Å². The van der Waals surface area contributed by atoms with Crippen LogP contribution in [0.4, 0.5) is 13.2 Å². The van der Waals surface area contributed by atoms with Gasteiger partial charge in [0.25, 0.3) is 0 Å². The molecular formula is C33H39F3N6OS. The van der Waals surface area contributed by atoms with Gasteiger partial charge in [0.05, 0.1) is 29.9 Å². The van der Waals surface area contributed by atoms with Gasteiger partial charge < -0.3 is 20.1 Å². The minimum absolute atomic E-state index is 0.0136. The van der Waals surface area contributed by atoms with E-state index in [-0.39, 0.29) is 49.0 Å². The summed E-state index contributed by atoms with van der Waals surface area (Å²) >= 11 is 5.79. The number of nitriles is 1. The van der Waals surface area contributed by atoms with Crippen LogP contribution in [0.1, 0.15) is 73.9 Å². The number of alkyl halides is 3. The SMILES string of the molecule is CC(C)[C@@H](CN(Cc1ccccc1C(F)(F)F)C(=S)NC1CCCCC1)NC(=O)Cc1cncn1Cc1ccc(C#N)cc1. The number of benzene rings is 2. The second kappa shape index (κ2) is 15.2. The average Bonchev–Trinajstić information content (AvgIpc) is 3.42. The van der Waals surface area contributed by atoms with E-state index < -0.39 is 11.7 Å². The molecule has 2 N–H and O–H groups in total. The van der Waals surface area contributed by atoms with E-state index in [1.807, 2.05) is 30.5 Å². The first-order valence-corrected chi connectivity index (χ1v) is 15.4. The molecule has 0 spiro atoms. The summed E-state index contributed by atoms with van der Waals surface area (Å²) in [5.41, 5.74) is 1.71. The van der Waals surface area contributed by atoms with Crippen molar-refractivity contribution in [3.63, 3.8) is 0 Å². The third-order valence-corrected chi connectivity index (χ3v) is 8.42. The molecule has 0 aliphatic heterocycles. The number of nitrogens with zero attached hydrogens (tertiary/aromatic N) is 4. The molecule has 1 fully saturated rings. The Bertz CT molecular complexity index is 1440. The molecular weight excluding hydrogens is 585 g/mol. The van der Waals surface area contributed by atoms with Crippen molar-refractivity contribution >= 4 is 23.2 Å². The highest BCUT2D eigenvalue weighted by Gasteiger charge is 2.34. The third-order valence-electron chi connectivity index (χ3n) is 8.05. The number of hydrogen-bond donors (Lipinski definition) is 2. The number of amides is 1. The van der Waals surface area contributed by atoms with E-state index in [2.05, 4.69) is 21.7 Å². The topological polar surface area (TPSA) is 86.0 Å². The number of carbonyl (C=O) groups excluding carboxylic acids is 1. The van der Waals surface area contributed by atoms with E-state index >= 15 is 0 Å². The maximum Gasteiger partial charge on any atom is 0.416 e. The maximum absolute atomic E-state index is 13.9. The Hall–Kier alpha value is -3.91. The first kappa shape index (κ1) is 33.0. The number of thiocarbonyl (C=S) groups is 1. The van der Waals surface area contributed by atoms with E-state index in [4.69, 9.17) is 17.5 Å². The summed E-state index contributed by atoms with van der Waals surface area (Å²) in [4.78, 5) is 19.3. The molecule has 44 heavy (non-hydrogen) atoms. The van der Waals surface area contributed by atoms with Crippen LogP contribution in [0.2, 0.25) is 0 Å². The van der Waals surface area contributed by atoms with Crippen LogP contribution in [0.25, 0.3) is 0 Å². The van der Waals surface area contributed by atoms with Crippen molar-refractivity contribution in [3.8, 4) is 6.07 Å². The van der Waals surface area contributed by atoms with Gasteiger partial charge in [0.1, 0.15) is 0 Å². The second-order valence-corrected chi connectivity index (χ2v) is 12.1. The van der Waals surface area contributed by atoms with Crippen LogP contribution >= 0.6 is 12.2 Å². The minimum atomic E-state index is -4.49. The summed E-state index contributed by atoms with van der Waals surface area (Å²) < 4.78 is 43.5. The Morgan fingerprint density at radius 1 is 1.14 bits per heavy atom. The molecule has 0 saturated heterocycles. The predicted octanol–water partition coefficient (Wildman–Crippen LogP) is 6.21. The second-order valence-electron chi connectivity index (χ2n) is 11.7. The molecule has 234 valence electrons. The molecule has 4 rings (SSSR count). The highest BCUT2D eigenvalue weighted by atomic mass is 32.1. The zero-order chi connectivity index (χ0) is 31.7. The Morgan fingerprint density at radius 2 is 1.84 bits per heavy atom. The zero-order valence-corrected chi connectivity index (χ0v) is 25.9. The van der Waals surface area contributed by atoms with E-state index in [0.717, 1.165) is 43.0 Å². The lowest BCUT2D eigenvalue weighted by atomic mass is 9.96. The first-order chi connectivity index (χ1) is 21.0. The molecule has 1 aliphatic carbocycles. The van der Waals surface area contributed by atoms with Crippen LogP contribution in [-0.4, -0.2) is 44.1 Å². The van der Waals surface area contributed by atoms with Gasteiger partial charge in [-0.1, -0.05) is 63.4 Å². The van der Waals surface area contributed by atoms with Gasteiger partial charge in [-0.3, -0.25) is 4.79 Å². The summed E-state index contributed by atoms with van der Waals surface area (Å²) in [6, 6.07) is 14.7. The van der Waals surface area contributed by atoms with Crippen molar-refractivity contribution in [1.82, 2.24) is 25.1 Å². The highest BCUT2D eigenvalue weighted by Crippen LogP contribution is 2.32. The van der Waals surface area contributed by atoms with E-state index in [9.17, 15) is 18.0 Å². The molecule has 3 aromatic rings. The van der Waals surface area contributed by atoms with Crippen LogP contribution in [0.15, 0.2) is 61.1 Å². The van der Waals surface area contributed by atoms with Crippen molar-refractivity contribution in [2.24, 2.45) is 5.92 Å². The molecule has 7 nitrogen and oxygen atoms in total. The summed E-state index contributed by atoms with van der Waals surface area (Å²) in [7, 11) is 0. The average molecular weight is 625 g/mol. The van der Waals surface area contributed by atoms with Gasteiger partial charge in [0.2, 0.25) is 5.91 Å². The fraction of sp³-hybridized carbons (Fsp3) is 0.455. The third kappa shape index (κ3) is 9.29. The van der Waals surface area contributed by atoms with Gasteiger partial charge in [0.15, 0.2) is 5.11 Å². The van der Waals surface area contributed by atoms with Gasteiger partial charge in [-0.25, -0.2) is 4.98 Å². The molecule has 1 saturated carbocycles. The quantitative estimate of drug-likeness (QED) is 0.247. The fourth-order valence-corrected chi connectivity index (χ4v) is 5.78. The summed E-state index contributed by atoms with van der Waals surface area (Å²) in [5, 5.41) is 16.0. The van der Waals surface area contributed by atoms with Crippen molar-refractivity contribution < 1.29 is 18.0 Å². The van der Waals surface area contributed by atoms with Gasteiger partial charge in [-0.15, -0.1) is 0 Å². The highest BCUT2D eigenvalue weighted by molar-refractivity contribution is 7.80. The molecule has 1 atom stereocenters. The van der Waals surface area contributed by atoms with Crippen LogP contribution < -0.4 is 10.6 Å². The largest absolute Gasteiger partial charge is 0.416 e. The standard InChI is InChI=1S/C33H39F3N6OS/c1-23(2)30(40-31(43)16-28-18-38-22-42(28)19-25-14-12-24(17-37)13-15-25)21-41(32(44)39-27-9-4-3-5-10-27)20-26-8-6-7-11-29(26)33(34,35)36/h6-8,11-15,18,22-23,27,30H,3-5,9-10,16,19-21H2,1-2H3,(H,39,44)(H,40,43)/t30-/m1/s1. The monoisotopic (exact) mass is 624 g/mol. The minimum Gasteiger partial charge on any atom is -0.360 e. The molecule has 1 aliphatic rings. The molecule has 0 unspecified atom stereocenters. The lowest BCUT2D eigenvalue weighted by molar-refractivity contribution is -0.138. The smallest absolute Gasteiger partial charge is 0.360 e. The summed E-state index contributed by atoms with van der Waals surface area (Å²) in [5.74, 6) is -0.229. The molecule has 1 amide bonds. The maximum atomic E-state index is 13.9. The van der Waals surface area contributed by atoms with Gasteiger partial charge in [-0.05, 0) is 60.3 Å². The predicted molar refractivity (Wildman–Crippen MR) is 167 cm³/mol. The number of hydrogen-bond acceptors (Lipinski definition) is 4. The molecule has 1 aromatic heterocycles. The Kier molecular flexibility index (Phi) is 11.4. The van der Waals surface area contributed by atoms with Crippen LogP contribution in [-0.2, 0) is 30.5 Å². The normalized spacial score (nSPS) is 14.6. The number of nitrogens with one attached hydrogen (secondary N) is 2. The van der Waals surface area contributed by atoms with Gasteiger partial charge in [-0.2, -0.15) is 18.4 Å². The van der Waals surface area contributed by atoms with Gasteiger partial charge in [0, 0.05) is 43.6 Å². The number of aromatic nitrogens is 2. The molecule has 11 heteroatoms. The molecule has 0 radical (unpaired) electrons. The Morgan fingerprint density at radius 3 is 2.50 bits per heavy atom. The lowest BCUT2D eigenvalue weighted by Gasteiger charge is -2.35. The van der Waals surface area contributed by atoms with Crippen molar-refractivity contribution in [1.29, 1.82) is 5.26 Å². The van der Waals surface area contributed by atoms with E-state index in [1.54, 1.807) is 35.6 Å². The molecule has 1 heterocycles. The molecule has 2 aromatic carbocycles. The summed E-state index contributed by atoms with van der Waals surface area (Å²) in [6.07, 6.45) is 4.18. The van der Waals surface area contributed by atoms with E-state index in [1.165, 1.54) is 18.6 Å². The van der Waals surface area contributed by atoms with Crippen LogP contribution in [0.3, 0.4) is 0 Å². The fourth-order valence-electron chi connectivity index (χ4n) is 5.47. The van der Waals surface area contributed by atoms with Crippen molar-refractivity contribution in [2.45, 2.75) is 83.7 Å². The zero-order valence-electron chi connectivity index (χ0n) is 25.1. The number of rotatable bonds is 11. The Labute approximate surface area is 262 Å². The lowest BCUT2D eigenvalue weighted by Crippen LogP contribution is -2.52. The van der Waals surface area contributed by atoms with Crippen molar-refractivity contribution in [3.05, 3.63) is 89.0 Å².